The molecular weight excluding hydrogens is 208 g/mol. The number of hydrogen-bond donors (Lipinski definition) is 1. The fraction of sp³-hybridized carbons (Fsp3) is 1.00. The molecule has 17 heavy (non-hydrogen) atoms. The van der Waals surface area contributed by atoms with Crippen molar-refractivity contribution in [2.45, 2.75) is 76.3 Å². The topological polar surface area (TPSA) is 29.3 Å². The molecule has 0 atom stereocenters. The van der Waals surface area contributed by atoms with Crippen LogP contribution in [0.25, 0.3) is 0 Å². The number of hydrogen-bond acceptors (Lipinski definition) is 2. The first-order chi connectivity index (χ1) is 8.22. The van der Waals surface area contributed by atoms with Crippen molar-refractivity contribution in [1.82, 2.24) is 4.90 Å². The number of likely N-dealkylation sites (N-methyl/N-ethyl adjacent to an activating group) is 1. The molecule has 2 heteroatoms. The Labute approximate surface area is 107 Å². The van der Waals surface area contributed by atoms with Crippen LogP contribution in [0, 0.1) is 5.92 Å². The first-order valence-electron chi connectivity index (χ1n) is 7.65. The van der Waals surface area contributed by atoms with Crippen LogP contribution in [-0.4, -0.2) is 30.1 Å². The van der Waals surface area contributed by atoms with Gasteiger partial charge >= 0.3 is 0 Å². The van der Waals surface area contributed by atoms with Crippen molar-refractivity contribution in [2.24, 2.45) is 11.7 Å². The second kappa shape index (κ2) is 5.71. The molecule has 2 nitrogen and oxygen atoms in total. The second-order valence-electron chi connectivity index (χ2n) is 6.33. The highest BCUT2D eigenvalue weighted by Gasteiger charge is 2.40. The van der Waals surface area contributed by atoms with Crippen molar-refractivity contribution in [3.05, 3.63) is 0 Å². The van der Waals surface area contributed by atoms with Crippen molar-refractivity contribution in [2.75, 3.05) is 13.6 Å². The molecule has 0 saturated heterocycles. The largest absolute Gasteiger partial charge is 0.329 e. The summed E-state index contributed by atoms with van der Waals surface area (Å²) in [5, 5.41) is 0. The lowest BCUT2D eigenvalue weighted by molar-refractivity contribution is 0.0524. The minimum Gasteiger partial charge on any atom is -0.329 e. The zero-order valence-electron chi connectivity index (χ0n) is 11.8. The van der Waals surface area contributed by atoms with E-state index in [1.165, 1.54) is 57.8 Å². The van der Waals surface area contributed by atoms with Gasteiger partial charge in [-0.25, -0.2) is 0 Å². The highest BCUT2D eigenvalue weighted by atomic mass is 15.2. The average molecular weight is 238 g/mol. The van der Waals surface area contributed by atoms with Crippen LogP contribution in [0.4, 0.5) is 0 Å². The fourth-order valence-electron chi connectivity index (χ4n) is 4.06. The monoisotopic (exact) mass is 238 g/mol. The molecule has 2 fully saturated rings. The molecule has 0 aliphatic heterocycles. The summed E-state index contributed by atoms with van der Waals surface area (Å²) in [5.41, 5.74) is 6.44. The lowest BCUT2D eigenvalue weighted by Crippen LogP contribution is -2.54. The summed E-state index contributed by atoms with van der Waals surface area (Å²) in [6.07, 6.45) is 12.5. The van der Waals surface area contributed by atoms with E-state index in [2.05, 4.69) is 18.9 Å². The van der Waals surface area contributed by atoms with Gasteiger partial charge in [-0.1, -0.05) is 26.2 Å². The van der Waals surface area contributed by atoms with E-state index >= 15 is 0 Å². The van der Waals surface area contributed by atoms with Gasteiger partial charge in [-0.3, -0.25) is 4.90 Å². The summed E-state index contributed by atoms with van der Waals surface area (Å²) < 4.78 is 0. The summed E-state index contributed by atoms with van der Waals surface area (Å²) >= 11 is 0. The standard InChI is InChI=1S/C15H30N2/c1-3-13-6-8-14(9-7-13)17(2)15(12-16)10-4-5-11-15/h13-14H,3-12,16H2,1-2H3. The molecule has 0 aromatic heterocycles. The van der Waals surface area contributed by atoms with Gasteiger partial charge in [-0.05, 0) is 51.5 Å². The molecule has 0 amide bonds. The molecule has 2 aliphatic carbocycles. The van der Waals surface area contributed by atoms with Gasteiger partial charge in [0.2, 0.25) is 0 Å². The summed E-state index contributed by atoms with van der Waals surface area (Å²) in [4.78, 5) is 2.67. The van der Waals surface area contributed by atoms with E-state index < -0.39 is 0 Å². The first kappa shape index (κ1) is 13.4. The molecule has 2 saturated carbocycles. The van der Waals surface area contributed by atoms with Gasteiger partial charge in [0.25, 0.3) is 0 Å². The average Bonchev–Trinajstić information content (AvgIpc) is 2.88. The molecule has 0 aromatic rings. The van der Waals surface area contributed by atoms with Crippen LogP contribution >= 0.6 is 0 Å². The molecule has 2 N–H and O–H groups in total. The van der Waals surface area contributed by atoms with Crippen LogP contribution < -0.4 is 5.73 Å². The molecule has 0 aromatic carbocycles. The van der Waals surface area contributed by atoms with Gasteiger partial charge in [0.15, 0.2) is 0 Å². The summed E-state index contributed by atoms with van der Waals surface area (Å²) in [7, 11) is 2.34. The molecule has 0 spiro atoms. The number of nitrogens with two attached hydrogens (primary N) is 1. The van der Waals surface area contributed by atoms with Crippen LogP contribution in [0.15, 0.2) is 0 Å². The third kappa shape index (κ3) is 2.68. The highest BCUT2D eigenvalue weighted by Crippen LogP contribution is 2.38. The van der Waals surface area contributed by atoms with Crippen LogP contribution in [0.1, 0.15) is 64.7 Å². The Kier molecular flexibility index (Phi) is 4.48. The van der Waals surface area contributed by atoms with Gasteiger partial charge in [-0.2, -0.15) is 0 Å². The third-order valence-corrected chi connectivity index (χ3v) is 5.60. The fourth-order valence-corrected chi connectivity index (χ4v) is 4.06. The van der Waals surface area contributed by atoms with E-state index in [0.29, 0.717) is 5.54 Å². The highest BCUT2D eigenvalue weighted by molar-refractivity contribution is 4.97. The first-order valence-corrected chi connectivity index (χ1v) is 7.65. The molecule has 100 valence electrons. The van der Waals surface area contributed by atoms with E-state index in [1.807, 2.05) is 0 Å². The number of nitrogens with zero attached hydrogens (tertiary/aromatic N) is 1. The lowest BCUT2D eigenvalue weighted by atomic mass is 9.82. The van der Waals surface area contributed by atoms with Crippen LogP contribution in [-0.2, 0) is 0 Å². The zero-order chi connectivity index (χ0) is 12.3. The van der Waals surface area contributed by atoms with E-state index in [1.54, 1.807) is 0 Å². The summed E-state index contributed by atoms with van der Waals surface area (Å²) in [6.45, 7) is 3.20. The predicted octanol–water partition coefficient (Wildman–Crippen LogP) is 3.16. The molecule has 2 aliphatic rings. The van der Waals surface area contributed by atoms with Gasteiger partial charge in [0, 0.05) is 18.1 Å². The molecule has 0 heterocycles. The van der Waals surface area contributed by atoms with Crippen LogP contribution in [0.3, 0.4) is 0 Å². The predicted molar refractivity (Wildman–Crippen MR) is 74.1 cm³/mol. The Morgan fingerprint density at radius 1 is 1.12 bits per heavy atom. The normalized spacial score (nSPS) is 33.2. The summed E-state index contributed by atoms with van der Waals surface area (Å²) in [6, 6.07) is 0.805. The van der Waals surface area contributed by atoms with Crippen LogP contribution in [0.5, 0.6) is 0 Å². The molecule has 0 bridgehead atoms. The molecule has 2 rings (SSSR count). The smallest absolute Gasteiger partial charge is 0.0331 e. The Balaban J connectivity index is 1.93. The van der Waals surface area contributed by atoms with Gasteiger partial charge < -0.3 is 5.73 Å². The Morgan fingerprint density at radius 2 is 1.71 bits per heavy atom. The van der Waals surface area contributed by atoms with Crippen molar-refractivity contribution < 1.29 is 0 Å². The minimum absolute atomic E-state index is 0.351. The molecule has 0 radical (unpaired) electrons. The number of rotatable bonds is 4. The van der Waals surface area contributed by atoms with Crippen molar-refractivity contribution in [1.29, 1.82) is 0 Å². The third-order valence-electron chi connectivity index (χ3n) is 5.60. The maximum Gasteiger partial charge on any atom is 0.0331 e. The maximum absolute atomic E-state index is 6.09. The van der Waals surface area contributed by atoms with Crippen LogP contribution in [0.2, 0.25) is 0 Å². The Morgan fingerprint density at radius 3 is 2.18 bits per heavy atom. The Hall–Kier alpha value is -0.0800. The molecular formula is C15H30N2. The SMILES string of the molecule is CCC1CCC(N(C)C2(CN)CCCC2)CC1. The van der Waals surface area contributed by atoms with E-state index in [4.69, 9.17) is 5.73 Å². The van der Waals surface area contributed by atoms with Crippen molar-refractivity contribution in [3.8, 4) is 0 Å². The quantitative estimate of drug-likeness (QED) is 0.815. The maximum atomic E-state index is 6.09. The van der Waals surface area contributed by atoms with E-state index in [0.717, 1.165) is 18.5 Å². The molecule has 0 unspecified atom stereocenters. The zero-order valence-corrected chi connectivity index (χ0v) is 11.8. The summed E-state index contributed by atoms with van der Waals surface area (Å²) in [5.74, 6) is 0.997. The Bertz CT molecular complexity index is 225. The van der Waals surface area contributed by atoms with Gasteiger partial charge in [-0.15, -0.1) is 0 Å². The van der Waals surface area contributed by atoms with Gasteiger partial charge in [0.1, 0.15) is 0 Å². The van der Waals surface area contributed by atoms with Gasteiger partial charge in [0.05, 0.1) is 0 Å². The van der Waals surface area contributed by atoms with Crippen molar-refractivity contribution >= 4 is 0 Å². The lowest BCUT2D eigenvalue weighted by Gasteiger charge is -2.45. The van der Waals surface area contributed by atoms with Crippen molar-refractivity contribution in [3.63, 3.8) is 0 Å². The minimum atomic E-state index is 0.351. The van der Waals surface area contributed by atoms with E-state index in [9.17, 15) is 0 Å². The second-order valence-corrected chi connectivity index (χ2v) is 6.33. The van der Waals surface area contributed by atoms with E-state index in [-0.39, 0.29) is 0 Å².